The largest absolute Gasteiger partial charge is 0.461 e. The summed E-state index contributed by atoms with van der Waals surface area (Å²) in [6.07, 6.45) is 5.23. The van der Waals surface area contributed by atoms with Crippen molar-refractivity contribution in [3.05, 3.63) is 83.4 Å². The molecule has 1 aliphatic rings. The number of allylic oxidation sites excluding steroid dienone is 3. The Morgan fingerprint density at radius 2 is 1.78 bits per heavy atom. The van der Waals surface area contributed by atoms with Gasteiger partial charge in [0.05, 0.1) is 16.8 Å². The molecule has 1 atom stereocenters. The summed E-state index contributed by atoms with van der Waals surface area (Å²) in [7, 11) is 0. The highest BCUT2D eigenvalue weighted by molar-refractivity contribution is 6.30. The van der Waals surface area contributed by atoms with Crippen LogP contribution in [0.4, 0.5) is 22.0 Å². The highest BCUT2D eigenvalue weighted by Gasteiger charge is 2.44. The minimum Gasteiger partial charge on any atom is -0.428 e. The number of pyridine rings is 1. The van der Waals surface area contributed by atoms with Crippen molar-refractivity contribution in [2.45, 2.75) is 72.5 Å². The van der Waals surface area contributed by atoms with Crippen molar-refractivity contribution in [2.75, 3.05) is 0 Å². The molecule has 10 heteroatoms. The van der Waals surface area contributed by atoms with Crippen molar-refractivity contribution in [2.24, 2.45) is 11.8 Å². The quantitative estimate of drug-likeness (QED) is 0.187. The van der Waals surface area contributed by atoms with Gasteiger partial charge in [-0.1, -0.05) is 50.1 Å². The van der Waals surface area contributed by atoms with E-state index in [-0.39, 0.29) is 23.1 Å². The smallest absolute Gasteiger partial charge is 0.428 e. The molecule has 4 nitrogen and oxygen atoms in total. The van der Waals surface area contributed by atoms with Crippen LogP contribution < -0.4 is 10.1 Å². The van der Waals surface area contributed by atoms with E-state index in [2.05, 4.69) is 47.8 Å². The first-order valence-corrected chi connectivity index (χ1v) is 13.3. The van der Waals surface area contributed by atoms with E-state index >= 15 is 0 Å². The lowest BCUT2D eigenvalue weighted by Gasteiger charge is -2.28. The van der Waals surface area contributed by atoms with Crippen LogP contribution in [0, 0.1) is 30.0 Å². The van der Waals surface area contributed by atoms with Crippen molar-refractivity contribution in [1.82, 2.24) is 10.3 Å². The Morgan fingerprint density at radius 1 is 1.22 bits per heavy atom. The van der Waals surface area contributed by atoms with Gasteiger partial charge in [0.15, 0.2) is 0 Å². The Kier molecular flexibility index (Phi) is 18.0. The third kappa shape index (κ3) is 14.7. The number of hydrogen-bond donors (Lipinski definition) is 1. The third-order valence-corrected chi connectivity index (χ3v) is 5.57. The molecule has 0 unspecified atom stereocenters. The SMILES string of the molecule is C#CC.C/C=C\C.C=CC(C)C.O=C(N[C@@H](c1cc(F)cc(OC(F)(F)C(F)F)c1)c1ccc(Cl)cn1)C1CCC1. The van der Waals surface area contributed by atoms with Gasteiger partial charge in [-0.3, -0.25) is 9.78 Å². The van der Waals surface area contributed by atoms with E-state index in [0.717, 1.165) is 18.6 Å². The van der Waals surface area contributed by atoms with E-state index in [1.54, 1.807) is 6.92 Å². The molecule has 3 rings (SSSR count). The Bertz CT molecular complexity index is 1120. The molecule has 41 heavy (non-hydrogen) atoms. The molecule has 2 aromatic rings. The topological polar surface area (TPSA) is 51.2 Å². The molecule has 226 valence electrons. The highest BCUT2D eigenvalue weighted by Crippen LogP contribution is 2.33. The van der Waals surface area contributed by atoms with Gasteiger partial charge >= 0.3 is 12.5 Å². The summed E-state index contributed by atoms with van der Waals surface area (Å²) in [5.74, 6) is 0.580. The van der Waals surface area contributed by atoms with Crippen LogP contribution in [-0.4, -0.2) is 23.4 Å². The Labute approximate surface area is 245 Å². The van der Waals surface area contributed by atoms with Crippen molar-refractivity contribution < 1.29 is 31.5 Å². The van der Waals surface area contributed by atoms with Gasteiger partial charge in [0, 0.05) is 18.2 Å². The number of aromatic nitrogens is 1. The minimum atomic E-state index is -4.80. The molecule has 1 aromatic carbocycles. The van der Waals surface area contributed by atoms with E-state index in [0.29, 0.717) is 29.8 Å². The normalized spacial score (nSPS) is 13.3. The van der Waals surface area contributed by atoms with Crippen LogP contribution in [0.5, 0.6) is 5.75 Å². The molecular formula is C31H38ClF5N2O2. The van der Waals surface area contributed by atoms with E-state index in [1.807, 2.05) is 32.1 Å². The zero-order chi connectivity index (χ0) is 31.6. The fourth-order valence-electron chi connectivity index (χ4n) is 2.83. The summed E-state index contributed by atoms with van der Waals surface area (Å²) in [6, 6.07) is 4.45. The summed E-state index contributed by atoms with van der Waals surface area (Å²) in [6.45, 7) is 13.4. The monoisotopic (exact) mass is 600 g/mol. The van der Waals surface area contributed by atoms with Gasteiger partial charge in [-0.25, -0.2) is 4.39 Å². The first kappa shape index (κ1) is 37.6. The maximum atomic E-state index is 14.1. The molecule has 1 saturated carbocycles. The standard InChI is InChI=1S/C19H16ClF5N2O2.C5H10.C4H8.C3H4/c20-12-4-5-15(26-9-12)16(27-17(28)10-2-1-3-10)11-6-13(21)8-14(7-11)29-19(24,25)18(22)23;1-4-5(2)3;1-3-4-2;1-3-2/h4-10,16,18H,1-3H2,(H,27,28);4-5H,1H2,2-3H3;3-4H,1-2H3;1H,2H3/b;;4-3-;/t16-;;;/m0.../s1. The zero-order valence-electron chi connectivity index (χ0n) is 23.9. The van der Waals surface area contributed by atoms with Crippen LogP contribution >= 0.6 is 11.6 Å². The number of carbonyl (C=O) groups excluding carboxylic acids is 1. The molecule has 1 amide bonds. The van der Waals surface area contributed by atoms with Gasteiger partial charge in [0.2, 0.25) is 5.91 Å². The number of carbonyl (C=O) groups is 1. The van der Waals surface area contributed by atoms with Crippen LogP contribution in [0.1, 0.15) is 71.2 Å². The second-order valence-electron chi connectivity index (χ2n) is 9.09. The second kappa shape index (κ2) is 19.7. The summed E-state index contributed by atoms with van der Waals surface area (Å²) < 4.78 is 69.4. The number of hydrogen-bond acceptors (Lipinski definition) is 3. The maximum absolute atomic E-state index is 14.1. The molecule has 1 aromatic heterocycles. The van der Waals surface area contributed by atoms with Crippen LogP contribution in [0.2, 0.25) is 5.02 Å². The number of rotatable bonds is 8. The molecule has 0 aliphatic heterocycles. The lowest BCUT2D eigenvalue weighted by molar-refractivity contribution is -0.253. The van der Waals surface area contributed by atoms with Gasteiger partial charge in [-0.2, -0.15) is 17.6 Å². The van der Waals surface area contributed by atoms with Gasteiger partial charge in [-0.05, 0) is 69.4 Å². The van der Waals surface area contributed by atoms with Gasteiger partial charge < -0.3 is 10.1 Å². The molecule has 0 bridgehead atoms. The third-order valence-electron chi connectivity index (χ3n) is 5.35. The Balaban J connectivity index is 0.00000113. The highest BCUT2D eigenvalue weighted by atomic mass is 35.5. The number of alkyl halides is 4. The molecular weight excluding hydrogens is 563 g/mol. The Hall–Kier alpha value is -3.38. The number of amides is 1. The molecule has 1 aliphatic carbocycles. The fraction of sp³-hybridized carbons (Fsp3) is 0.419. The maximum Gasteiger partial charge on any atom is 0.461 e. The van der Waals surface area contributed by atoms with Crippen molar-refractivity contribution in [3.8, 4) is 18.1 Å². The Morgan fingerprint density at radius 3 is 2.17 bits per heavy atom. The molecule has 1 fully saturated rings. The van der Waals surface area contributed by atoms with Crippen LogP contribution in [-0.2, 0) is 4.79 Å². The average Bonchev–Trinajstić information content (AvgIpc) is 2.87. The number of ether oxygens (including phenoxy) is 1. The van der Waals surface area contributed by atoms with Crippen LogP contribution in [0.15, 0.2) is 61.3 Å². The molecule has 0 spiro atoms. The molecule has 1 N–H and O–H groups in total. The van der Waals surface area contributed by atoms with Gasteiger partial charge in [-0.15, -0.1) is 18.9 Å². The minimum absolute atomic E-state index is 0.00700. The van der Waals surface area contributed by atoms with Crippen molar-refractivity contribution in [1.29, 1.82) is 0 Å². The summed E-state index contributed by atoms with van der Waals surface area (Å²) in [5.41, 5.74) is 0.270. The lowest BCUT2D eigenvalue weighted by atomic mass is 9.84. The number of nitrogens with one attached hydrogen (secondary N) is 1. The molecule has 0 radical (unpaired) electrons. The number of nitrogens with zero attached hydrogens (tertiary/aromatic N) is 1. The second-order valence-corrected chi connectivity index (χ2v) is 9.53. The first-order chi connectivity index (χ1) is 19.3. The summed E-state index contributed by atoms with van der Waals surface area (Å²) >= 11 is 5.82. The van der Waals surface area contributed by atoms with E-state index in [4.69, 9.17) is 11.6 Å². The van der Waals surface area contributed by atoms with Crippen LogP contribution in [0.25, 0.3) is 0 Å². The average molecular weight is 601 g/mol. The predicted molar refractivity (Wildman–Crippen MR) is 155 cm³/mol. The van der Waals surface area contributed by atoms with Gasteiger partial charge in [0.25, 0.3) is 0 Å². The van der Waals surface area contributed by atoms with E-state index in [1.165, 1.54) is 18.3 Å². The van der Waals surface area contributed by atoms with E-state index in [9.17, 15) is 26.7 Å². The molecule has 1 heterocycles. The molecule has 0 saturated heterocycles. The summed E-state index contributed by atoms with van der Waals surface area (Å²) in [5, 5.41) is 3.03. The van der Waals surface area contributed by atoms with Crippen LogP contribution in [0.3, 0.4) is 0 Å². The summed E-state index contributed by atoms with van der Waals surface area (Å²) in [4.78, 5) is 16.5. The number of terminal acetylenes is 1. The lowest BCUT2D eigenvalue weighted by Crippen LogP contribution is -2.37. The zero-order valence-corrected chi connectivity index (χ0v) is 24.7. The van der Waals surface area contributed by atoms with Crippen molar-refractivity contribution in [3.63, 3.8) is 0 Å². The predicted octanol–water partition coefficient (Wildman–Crippen LogP) is 9.17. The first-order valence-electron chi connectivity index (χ1n) is 12.9. The fourth-order valence-corrected chi connectivity index (χ4v) is 2.94. The number of benzene rings is 1. The number of halogens is 6. The van der Waals surface area contributed by atoms with E-state index < -0.39 is 30.1 Å². The van der Waals surface area contributed by atoms with Crippen molar-refractivity contribution >= 4 is 17.5 Å². The van der Waals surface area contributed by atoms with Gasteiger partial charge in [0.1, 0.15) is 11.6 Å².